The maximum absolute atomic E-state index is 11.7. The van der Waals surface area contributed by atoms with Gasteiger partial charge in [0, 0.05) is 19.7 Å². The van der Waals surface area contributed by atoms with E-state index in [-0.39, 0.29) is 30.8 Å². The second-order valence-electron chi connectivity index (χ2n) is 4.58. The summed E-state index contributed by atoms with van der Waals surface area (Å²) in [7, 11) is 1.54. The number of unbranched alkanes of at least 4 members (excludes halogenated alkanes) is 1. The van der Waals surface area contributed by atoms with Crippen LogP contribution in [-0.2, 0) is 14.3 Å². The number of carbonyl (C=O) groups excluding carboxylic acids is 2. The predicted octanol–water partition coefficient (Wildman–Crippen LogP) is 2.26. The molecule has 0 aromatic carbocycles. The maximum atomic E-state index is 11.7. The smallest absolute Gasteiger partial charge is 0.242 e. The number of nitrogens with one attached hydrogen (secondary N) is 1. The van der Waals surface area contributed by atoms with Crippen LogP contribution in [0.5, 0.6) is 0 Å². The van der Waals surface area contributed by atoms with Crippen LogP contribution in [0.1, 0.15) is 39.5 Å². The summed E-state index contributed by atoms with van der Waals surface area (Å²) in [6, 6.07) is 0. The minimum atomic E-state index is -0.227. The van der Waals surface area contributed by atoms with Crippen LogP contribution in [0.4, 0.5) is 0 Å². The Morgan fingerprint density at radius 2 is 2.05 bits per heavy atom. The zero-order valence-electron chi connectivity index (χ0n) is 12.6. The largest absolute Gasteiger partial charge is 0.384 e. The van der Waals surface area contributed by atoms with Gasteiger partial charge >= 0.3 is 0 Å². The quantitative estimate of drug-likeness (QED) is 0.497. The highest BCUT2D eigenvalue weighted by Crippen LogP contribution is 2.08. The molecule has 0 unspecified atom stereocenters. The third-order valence-electron chi connectivity index (χ3n) is 2.72. The van der Waals surface area contributed by atoms with Gasteiger partial charge in [-0.05, 0) is 19.8 Å². The van der Waals surface area contributed by atoms with Gasteiger partial charge in [0.15, 0.2) is 0 Å². The third-order valence-corrected chi connectivity index (χ3v) is 2.94. The van der Waals surface area contributed by atoms with Crippen LogP contribution in [0, 0.1) is 0 Å². The van der Waals surface area contributed by atoms with Crippen molar-refractivity contribution < 1.29 is 14.3 Å². The van der Waals surface area contributed by atoms with Crippen molar-refractivity contribution in [3.8, 4) is 0 Å². The Labute approximate surface area is 126 Å². The van der Waals surface area contributed by atoms with Crippen molar-refractivity contribution in [3.05, 3.63) is 11.8 Å². The van der Waals surface area contributed by atoms with Gasteiger partial charge in [-0.25, -0.2) is 0 Å². The molecule has 0 aromatic heterocycles. The van der Waals surface area contributed by atoms with Crippen molar-refractivity contribution >= 4 is 23.4 Å². The number of allylic oxidation sites excluding steroid dienone is 1. The minimum absolute atomic E-state index is 0.106. The number of hydrogen-bond donors (Lipinski definition) is 1. The number of halogens is 1. The van der Waals surface area contributed by atoms with Gasteiger partial charge in [0.25, 0.3) is 0 Å². The molecule has 0 aromatic rings. The first kappa shape index (κ1) is 18.9. The molecule has 0 bridgehead atoms. The molecule has 1 N–H and O–H groups in total. The second-order valence-corrected chi connectivity index (χ2v) is 4.84. The first-order chi connectivity index (χ1) is 9.54. The van der Waals surface area contributed by atoms with Crippen molar-refractivity contribution in [3.63, 3.8) is 0 Å². The topological polar surface area (TPSA) is 58.6 Å². The zero-order chi connectivity index (χ0) is 15.4. The average molecular weight is 305 g/mol. The van der Waals surface area contributed by atoms with E-state index >= 15 is 0 Å². The fourth-order valence-electron chi connectivity index (χ4n) is 1.53. The molecular weight excluding hydrogens is 280 g/mol. The number of carbonyl (C=O) groups is 2. The first-order valence-electron chi connectivity index (χ1n) is 6.83. The number of alkyl halides is 1. The monoisotopic (exact) mass is 304 g/mol. The van der Waals surface area contributed by atoms with Crippen molar-refractivity contribution in [1.82, 2.24) is 10.2 Å². The van der Waals surface area contributed by atoms with Crippen molar-refractivity contribution in [2.45, 2.75) is 39.5 Å². The molecule has 20 heavy (non-hydrogen) atoms. The Morgan fingerprint density at radius 3 is 2.60 bits per heavy atom. The standard InChI is InChI=1S/C14H25ClN2O3/c1-4-5-6-12(2)10-17(14(19)9-15)11-16-13(18)7-8-20-3/h10H,4-9,11H2,1-3H3,(H,16,18). The van der Waals surface area contributed by atoms with E-state index in [0.717, 1.165) is 24.8 Å². The number of rotatable bonds is 10. The Balaban J connectivity index is 4.42. The van der Waals surface area contributed by atoms with Gasteiger partial charge in [-0.3, -0.25) is 14.5 Å². The summed E-state index contributed by atoms with van der Waals surface area (Å²) in [5.74, 6) is -0.487. The van der Waals surface area contributed by atoms with E-state index in [1.807, 2.05) is 6.92 Å². The fraction of sp³-hybridized carbons (Fsp3) is 0.714. The van der Waals surface area contributed by atoms with Crippen LogP contribution in [0.25, 0.3) is 0 Å². The summed E-state index contributed by atoms with van der Waals surface area (Å²) in [4.78, 5) is 24.7. The molecule has 0 rings (SSSR count). The Bertz CT molecular complexity index is 332. The van der Waals surface area contributed by atoms with E-state index in [1.54, 1.807) is 6.20 Å². The lowest BCUT2D eigenvalue weighted by Gasteiger charge is -2.19. The lowest BCUT2D eigenvalue weighted by atomic mass is 10.1. The van der Waals surface area contributed by atoms with E-state index in [1.165, 1.54) is 12.0 Å². The zero-order valence-corrected chi connectivity index (χ0v) is 13.3. The first-order valence-corrected chi connectivity index (χ1v) is 7.36. The van der Waals surface area contributed by atoms with Gasteiger partial charge in [0.2, 0.25) is 11.8 Å². The van der Waals surface area contributed by atoms with Gasteiger partial charge in [-0.2, -0.15) is 0 Å². The highest BCUT2D eigenvalue weighted by molar-refractivity contribution is 6.27. The molecular formula is C14H25ClN2O3. The lowest BCUT2D eigenvalue weighted by molar-refractivity contribution is -0.127. The highest BCUT2D eigenvalue weighted by Gasteiger charge is 2.11. The highest BCUT2D eigenvalue weighted by atomic mass is 35.5. The van der Waals surface area contributed by atoms with Gasteiger partial charge in [0.1, 0.15) is 5.88 Å². The summed E-state index contributed by atoms with van der Waals surface area (Å²) in [6.07, 6.45) is 5.14. The molecule has 0 saturated heterocycles. The molecule has 0 aliphatic rings. The predicted molar refractivity (Wildman–Crippen MR) is 80.4 cm³/mol. The van der Waals surface area contributed by atoms with Crippen LogP contribution in [-0.4, -0.2) is 43.0 Å². The van der Waals surface area contributed by atoms with Crippen LogP contribution in [0.3, 0.4) is 0 Å². The molecule has 0 aliphatic carbocycles. The Hall–Kier alpha value is -1.07. The maximum Gasteiger partial charge on any atom is 0.242 e. The summed E-state index contributed by atoms with van der Waals surface area (Å²) < 4.78 is 4.82. The van der Waals surface area contributed by atoms with E-state index in [0.29, 0.717) is 6.61 Å². The molecule has 0 saturated carbocycles. The number of ether oxygens (including phenoxy) is 1. The molecule has 0 atom stereocenters. The number of nitrogens with zero attached hydrogens (tertiary/aromatic N) is 1. The molecule has 5 nitrogen and oxygen atoms in total. The van der Waals surface area contributed by atoms with E-state index in [4.69, 9.17) is 16.3 Å². The van der Waals surface area contributed by atoms with Crippen LogP contribution >= 0.6 is 11.6 Å². The Morgan fingerprint density at radius 1 is 1.35 bits per heavy atom. The summed E-state index contributed by atoms with van der Waals surface area (Å²) in [5.41, 5.74) is 1.09. The number of hydrogen-bond acceptors (Lipinski definition) is 3. The molecule has 2 amide bonds. The molecule has 116 valence electrons. The fourth-order valence-corrected chi connectivity index (χ4v) is 1.68. The van der Waals surface area contributed by atoms with Crippen LogP contribution in [0.2, 0.25) is 0 Å². The van der Waals surface area contributed by atoms with Gasteiger partial charge in [-0.1, -0.05) is 18.9 Å². The van der Waals surface area contributed by atoms with Crippen molar-refractivity contribution in [1.29, 1.82) is 0 Å². The summed E-state index contributed by atoms with van der Waals surface area (Å²) >= 11 is 5.58. The van der Waals surface area contributed by atoms with Gasteiger partial charge < -0.3 is 10.1 Å². The van der Waals surface area contributed by atoms with Crippen LogP contribution < -0.4 is 5.32 Å². The van der Waals surface area contributed by atoms with E-state index < -0.39 is 0 Å². The van der Waals surface area contributed by atoms with Crippen LogP contribution in [0.15, 0.2) is 11.8 Å². The minimum Gasteiger partial charge on any atom is -0.384 e. The summed E-state index contributed by atoms with van der Waals surface area (Å²) in [6.45, 7) is 4.58. The van der Waals surface area contributed by atoms with E-state index in [9.17, 15) is 9.59 Å². The normalized spacial score (nSPS) is 11.3. The summed E-state index contributed by atoms with van der Waals surface area (Å²) in [5, 5.41) is 2.68. The van der Waals surface area contributed by atoms with Gasteiger partial charge in [-0.15, -0.1) is 11.6 Å². The molecule has 6 heteroatoms. The SMILES string of the molecule is CCCCC(C)=CN(CNC(=O)CCOC)C(=O)CCl. The molecule has 0 spiro atoms. The molecule has 0 fully saturated rings. The van der Waals surface area contributed by atoms with E-state index in [2.05, 4.69) is 12.2 Å². The second kappa shape index (κ2) is 11.7. The molecule has 0 heterocycles. The third kappa shape index (κ3) is 8.93. The number of amides is 2. The van der Waals surface area contributed by atoms with Crippen molar-refractivity contribution in [2.75, 3.05) is 26.3 Å². The molecule has 0 aliphatic heterocycles. The number of methoxy groups -OCH3 is 1. The Kier molecular flexibility index (Phi) is 11.1. The lowest BCUT2D eigenvalue weighted by Crippen LogP contribution is -2.39. The average Bonchev–Trinajstić information content (AvgIpc) is 2.46. The van der Waals surface area contributed by atoms with Gasteiger partial charge in [0.05, 0.1) is 13.3 Å². The molecule has 0 radical (unpaired) electrons. The van der Waals surface area contributed by atoms with Crippen molar-refractivity contribution in [2.24, 2.45) is 0 Å².